The number of rotatable bonds is 3. The Morgan fingerprint density at radius 1 is 1.20 bits per heavy atom. The van der Waals surface area contributed by atoms with E-state index in [2.05, 4.69) is 20.5 Å². The van der Waals surface area contributed by atoms with E-state index >= 15 is 0 Å². The highest BCUT2D eigenvalue weighted by Gasteiger charge is 2.23. The molecule has 0 unspecified atom stereocenters. The van der Waals surface area contributed by atoms with Crippen molar-refractivity contribution in [2.45, 2.75) is 18.9 Å². The molecule has 1 fully saturated rings. The number of halogens is 1. The van der Waals surface area contributed by atoms with Gasteiger partial charge in [0, 0.05) is 11.8 Å². The molecule has 0 radical (unpaired) electrons. The summed E-state index contributed by atoms with van der Waals surface area (Å²) in [5.74, 6) is 0.166. The van der Waals surface area contributed by atoms with Crippen molar-refractivity contribution in [2.24, 2.45) is 0 Å². The van der Waals surface area contributed by atoms with Gasteiger partial charge in [-0.3, -0.25) is 4.79 Å². The molecule has 128 valence electrons. The van der Waals surface area contributed by atoms with Crippen LogP contribution >= 0.6 is 12.4 Å². The lowest BCUT2D eigenvalue weighted by Crippen LogP contribution is -2.34. The first-order valence-electron chi connectivity index (χ1n) is 7.49. The molecule has 0 saturated carbocycles. The average Bonchev–Trinajstić information content (AvgIpc) is 2.63. The molecule has 2 N–H and O–H groups in total. The van der Waals surface area contributed by atoms with Gasteiger partial charge in [-0.05, 0) is 38.1 Å². The summed E-state index contributed by atoms with van der Waals surface area (Å²) in [4.78, 5) is 16.3. The summed E-state index contributed by atoms with van der Waals surface area (Å²) in [6.45, 7) is 1.63. The predicted molar refractivity (Wildman–Crippen MR) is 91.3 cm³/mol. The van der Waals surface area contributed by atoms with Crippen molar-refractivity contribution in [3.63, 3.8) is 0 Å². The summed E-state index contributed by atoms with van der Waals surface area (Å²) in [5, 5.41) is 27.5. The Labute approximate surface area is 149 Å². The molecule has 0 aromatic carbocycles. The number of hydrogen-bond donors (Lipinski definition) is 2. The number of H-pyrrole nitrogens is 1. The number of piperidine rings is 1. The van der Waals surface area contributed by atoms with E-state index in [0.717, 1.165) is 25.9 Å². The van der Waals surface area contributed by atoms with Crippen LogP contribution in [0.3, 0.4) is 0 Å². The SMILES string of the molecule is Cl.N#Cc1ccc(-c2c(OC3CCNCC3)c(C#N)n[nH]c2=O)cn1. The maximum Gasteiger partial charge on any atom is 0.275 e. The third-order valence-electron chi connectivity index (χ3n) is 3.78. The summed E-state index contributed by atoms with van der Waals surface area (Å²) in [5.41, 5.74) is 0.470. The normalized spacial score (nSPS) is 14.0. The lowest BCUT2D eigenvalue weighted by molar-refractivity contribution is 0.161. The van der Waals surface area contributed by atoms with E-state index < -0.39 is 5.56 Å². The third-order valence-corrected chi connectivity index (χ3v) is 3.78. The fourth-order valence-electron chi connectivity index (χ4n) is 2.58. The van der Waals surface area contributed by atoms with Crippen LogP contribution in [-0.4, -0.2) is 34.4 Å². The number of aromatic amines is 1. The number of pyridine rings is 1. The third kappa shape index (κ3) is 3.94. The van der Waals surface area contributed by atoms with Crippen LogP contribution in [-0.2, 0) is 0 Å². The zero-order valence-corrected chi connectivity index (χ0v) is 14.0. The van der Waals surface area contributed by atoms with Crippen molar-refractivity contribution in [2.75, 3.05) is 13.1 Å². The molecular formula is C16H15ClN6O2. The Hall–Kier alpha value is -2.94. The standard InChI is InChI=1S/C16H14N6O2.ClH/c17-7-11-2-1-10(9-20-11)14-15(13(8-18)21-22-16(14)23)24-12-3-5-19-6-4-12;/h1-2,9,12,19H,3-6H2,(H,22,23);1H. The Kier molecular flexibility index (Phi) is 6.07. The highest BCUT2D eigenvalue weighted by atomic mass is 35.5. The van der Waals surface area contributed by atoms with Gasteiger partial charge >= 0.3 is 0 Å². The van der Waals surface area contributed by atoms with Crippen LogP contribution in [0.15, 0.2) is 23.1 Å². The second kappa shape index (κ2) is 8.25. The number of hydrogen-bond acceptors (Lipinski definition) is 7. The van der Waals surface area contributed by atoms with Crippen LogP contribution in [0.2, 0.25) is 0 Å². The number of nitrogens with one attached hydrogen (secondary N) is 2. The molecule has 9 heteroatoms. The highest BCUT2D eigenvalue weighted by molar-refractivity contribution is 5.85. The number of nitrogens with zero attached hydrogens (tertiary/aromatic N) is 4. The fourth-order valence-corrected chi connectivity index (χ4v) is 2.58. The molecule has 0 bridgehead atoms. The van der Waals surface area contributed by atoms with Gasteiger partial charge in [-0.25, -0.2) is 10.1 Å². The van der Waals surface area contributed by atoms with E-state index in [1.165, 1.54) is 12.3 Å². The lowest BCUT2D eigenvalue weighted by Gasteiger charge is -2.24. The van der Waals surface area contributed by atoms with Crippen LogP contribution in [0.1, 0.15) is 24.2 Å². The van der Waals surface area contributed by atoms with Gasteiger partial charge in [0.25, 0.3) is 5.56 Å². The van der Waals surface area contributed by atoms with Gasteiger partial charge in [0.2, 0.25) is 5.69 Å². The van der Waals surface area contributed by atoms with Gasteiger partial charge in [0.15, 0.2) is 5.75 Å². The van der Waals surface area contributed by atoms with Gasteiger partial charge in [0.1, 0.15) is 23.9 Å². The van der Waals surface area contributed by atoms with Gasteiger partial charge in [-0.2, -0.15) is 15.6 Å². The van der Waals surface area contributed by atoms with Crippen molar-refractivity contribution in [3.8, 4) is 29.0 Å². The minimum atomic E-state index is -0.468. The second-order valence-corrected chi connectivity index (χ2v) is 5.33. The molecule has 1 saturated heterocycles. The predicted octanol–water partition coefficient (Wildman–Crippen LogP) is 1.13. The van der Waals surface area contributed by atoms with Gasteiger partial charge in [-0.15, -0.1) is 12.4 Å². The summed E-state index contributed by atoms with van der Waals surface area (Å²) >= 11 is 0. The van der Waals surface area contributed by atoms with E-state index in [1.54, 1.807) is 6.07 Å². The molecule has 0 amide bonds. The van der Waals surface area contributed by atoms with Crippen LogP contribution in [0, 0.1) is 22.7 Å². The Morgan fingerprint density at radius 3 is 2.56 bits per heavy atom. The minimum absolute atomic E-state index is 0. The Bertz CT molecular complexity index is 875. The van der Waals surface area contributed by atoms with E-state index in [-0.39, 0.29) is 41.2 Å². The summed E-state index contributed by atoms with van der Waals surface area (Å²) in [7, 11) is 0. The lowest BCUT2D eigenvalue weighted by atomic mass is 10.1. The minimum Gasteiger partial charge on any atom is -0.486 e. The summed E-state index contributed by atoms with van der Waals surface area (Å²) in [6, 6.07) is 6.99. The Balaban J connectivity index is 0.00000225. The molecule has 0 atom stereocenters. The van der Waals surface area contributed by atoms with E-state index in [1.807, 2.05) is 12.1 Å². The molecule has 2 aromatic rings. The quantitative estimate of drug-likeness (QED) is 0.841. The van der Waals surface area contributed by atoms with E-state index in [4.69, 9.17) is 10.00 Å². The van der Waals surface area contributed by atoms with Crippen LogP contribution in [0.4, 0.5) is 0 Å². The smallest absolute Gasteiger partial charge is 0.275 e. The van der Waals surface area contributed by atoms with Gasteiger partial charge in [-0.1, -0.05) is 0 Å². The second-order valence-electron chi connectivity index (χ2n) is 5.33. The number of aromatic nitrogens is 3. The molecule has 1 aliphatic rings. The van der Waals surface area contributed by atoms with Crippen LogP contribution < -0.4 is 15.6 Å². The van der Waals surface area contributed by atoms with Crippen LogP contribution in [0.25, 0.3) is 11.1 Å². The van der Waals surface area contributed by atoms with Crippen molar-refractivity contribution >= 4 is 12.4 Å². The molecule has 0 aliphatic carbocycles. The number of ether oxygens (including phenoxy) is 1. The molecule has 2 aromatic heterocycles. The first-order chi connectivity index (χ1) is 11.7. The maximum absolute atomic E-state index is 12.3. The van der Waals surface area contributed by atoms with Crippen molar-refractivity contribution in [3.05, 3.63) is 40.1 Å². The Morgan fingerprint density at radius 2 is 1.96 bits per heavy atom. The van der Waals surface area contributed by atoms with Gasteiger partial charge < -0.3 is 10.1 Å². The molecule has 3 rings (SSSR count). The maximum atomic E-state index is 12.3. The average molecular weight is 359 g/mol. The fraction of sp³-hybridized carbons (Fsp3) is 0.312. The molecule has 0 spiro atoms. The van der Waals surface area contributed by atoms with E-state index in [9.17, 15) is 10.1 Å². The van der Waals surface area contributed by atoms with Crippen molar-refractivity contribution < 1.29 is 4.74 Å². The highest BCUT2D eigenvalue weighted by Crippen LogP contribution is 2.30. The molecule has 8 nitrogen and oxygen atoms in total. The zero-order valence-electron chi connectivity index (χ0n) is 13.2. The van der Waals surface area contributed by atoms with Crippen molar-refractivity contribution in [1.29, 1.82) is 10.5 Å². The molecular weight excluding hydrogens is 344 g/mol. The first kappa shape index (κ1) is 18.4. The molecule has 3 heterocycles. The first-order valence-corrected chi connectivity index (χ1v) is 7.49. The van der Waals surface area contributed by atoms with Crippen molar-refractivity contribution in [1.82, 2.24) is 20.5 Å². The zero-order chi connectivity index (χ0) is 16.9. The van der Waals surface area contributed by atoms with E-state index in [0.29, 0.717) is 5.56 Å². The summed E-state index contributed by atoms with van der Waals surface area (Å²) < 4.78 is 5.96. The molecule has 1 aliphatic heterocycles. The molecule has 25 heavy (non-hydrogen) atoms. The monoisotopic (exact) mass is 358 g/mol. The topological polar surface area (TPSA) is 127 Å². The largest absolute Gasteiger partial charge is 0.486 e. The van der Waals surface area contributed by atoms with Crippen LogP contribution in [0.5, 0.6) is 5.75 Å². The number of nitriles is 2. The van der Waals surface area contributed by atoms with Gasteiger partial charge in [0.05, 0.1) is 5.56 Å². The summed E-state index contributed by atoms with van der Waals surface area (Å²) in [6.07, 6.45) is 2.89.